The van der Waals surface area contributed by atoms with Crippen LogP contribution in [0, 0.1) is 0 Å². The highest BCUT2D eigenvalue weighted by atomic mass is 16.5. The van der Waals surface area contributed by atoms with Crippen molar-refractivity contribution in [3.05, 3.63) is 90.3 Å². The number of carbonyl (C=O) groups excluding carboxylic acids is 1. The van der Waals surface area contributed by atoms with Crippen LogP contribution < -0.4 is 4.74 Å². The number of aromatic nitrogens is 3. The molecule has 0 aliphatic carbocycles. The van der Waals surface area contributed by atoms with Crippen molar-refractivity contribution in [3.8, 4) is 5.75 Å². The summed E-state index contributed by atoms with van der Waals surface area (Å²) < 4.78 is 7.54. The predicted octanol–water partition coefficient (Wildman–Crippen LogP) is 3.71. The summed E-state index contributed by atoms with van der Waals surface area (Å²) in [5.41, 5.74) is 1.49. The molecule has 29 heavy (non-hydrogen) atoms. The Morgan fingerprint density at radius 2 is 1.72 bits per heavy atom. The van der Waals surface area contributed by atoms with E-state index in [1.165, 1.54) is 0 Å². The van der Waals surface area contributed by atoms with E-state index in [9.17, 15) is 4.79 Å². The van der Waals surface area contributed by atoms with Gasteiger partial charge in [-0.25, -0.2) is 4.68 Å². The third-order valence-electron chi connectivity index (χ3n) is 5.21. The number of carbonyl (C=O) groups is 1. The van der Waals surface area contributed by atoms with Crippen LogP contribution in [0.3, 0.4) is 0 Å². The molecule has 0 radical (unpaired) electrons. The molecule has 144 valence electrons. The van der Waals surface area contributed by atoms with Gasteiger partial charge in [0.05, 0.1) is 12.2 Å². The predicted molar refractivity (Wildman–Crippen MR) is 110 cm³/mol. The number of fused-ring (bicyclic) bond motifs is 1. The van der Waals surface area contributed by atoms with Crippen LogP contribution in [0.25, 0.3) is 10.8 Å². The van der Waals surface area contributed by atoms with Gasteiger partial charge in [0.1, 0.15) is 18.1 Å². The van der Waals surface area contributed by atoms with Crippen molar-refractivity contribution >= 4 is 16.7 Å². The number of amides is 1. The molecule has 6 heteroatoms. The van der Waals surface area contributed by atoms with Crippen LogP contribution in [0.4, 0.5) is 0 Å². The molecule has 2 heterocycles. The second kappa shape index (κ2) is 7.39. The molecule has 3 aromatic carbocycles. The first-order chi connectivity index (χ1) is 14.3. The van der Waals surface area contributed by atoms with Crippen molar-refractivity contribution < 1.29 is 9.53 Å². The van der Waals surface area contributed by atoms with E-state index >= 15 is 0 Å². The summed E-state index contributed by atoms with van der Waals surface area (Å²) >= 11 is 0. The number of para-hydroxylation sites is 1. The van der Waals surface area contributed by atoms with Crippen molar-refractivity contribution in [3.63, 3.8) is 0 Å². The normalized spacial score (nSPS) is 14.0. The molecule has 1 fully saturated rings. The average Bonchev–Trinajstić information content (AvgIpc) is 3.20. The lowest BCUT2D eigenvalue weighted by Crippen LogP contribution is -2.50. The fourth-order valence-corrected chi connectivity index (χ4v) is 3.53. The lowest BCUT2D eigenvalue weighted by atomic mass is 10.0. The fourth-order valence-electron chi connectivity index (χ4n) is 3.53. The number of likely N-dealkylation sites (tertiary alicyclic amines) is 1. The maximum Gasteiger partial charge on any atom is 0.254 e. The third-order valence-corrected chi connectivity index (χ3v) is 5.21. The molecule has 0 spiro atoms. The number of nitrogens with zero attached hydrogens (tertiary/aromatic N) is 4. The maximum absolute atomic E-state index is 12.8. The minimum atomic E-state index is 0.0553. The topological polar surface area (TPSA) is 60.2 Å². The van der Waals surface area contributed by atoms with Gasteiger partial charge in [0.15, 0.2) is 0 Å². The lowest BCUT2D eigenvalue weighted by Gasteiger charge is -2.38. The Balaban J connectivity index is 1.19. The van der Waals surface area contributed by atoms with Gasteiger partial charge >= 0.3 is 0 Å². The molecule has 1 amide bonds. The summed E-state index contributed by atoms with van der Waals surface area (Å²) in [4.78, 5) is 14.6. The number of ether oxygens (including phenoxy) is 1. The van der Waals surface area contributed by atoms with Crippen molar-refractivity contribution in [2.75, 3.05) is 13.1 Å². The zero-order chi connectivity index (χ0) is 19.6. The van der Waals surface area contributed by atoms with Crippen LogP contribution in [0.5, 0.6) is 5.75 Å². The minimum Gasteiger partial charge on any atom is -0.487 e. The molecular weight excluding hydrogens is 364 g/mol. The highest BCUT2D eigenvalue weighted by Crippen LogP contribution is 2.24. The second-order valence-electron chi connectivity index (χ2n) is 7.22. The molecule has 0 saturated carbocycles. The Kier molecular flexibility index (Phi) is 4.44. The van der Waals surface area contributed by atoms with Crippen LogP contribution in [0.15, 0.2) is 79.0 Å². The molecule has 0 atom stereocenters. The van der Waals surface area contributed by atoms with Gasteiger partial charge in [-0.15, -0.1) is 5.10 Å². The van der Waals surface area contributed by atoms with Gasteiger partial charge in [0, 0.05) is 18.7 Å². The highest BCUT2D eigenvalue weighted by Gasteiger charge is 2.33. The largest absolute Gasteiger partial charge is 0.487 e. The zero-order valence-corrected chi connectivity index (χ0v) is 15.8. The van der Waals surface area contributed by atoms with E-state index in [2.05, 4.69) is 10.3 Å². The summed E-state index contributed by atoms with van der Waals surface area (Å²) in [6.07, 6.45) is 1.89. The number of hydrogen-bond donors (Lipinski definition) is 0. The summed E-state index contributed by atoms with van der Waals surface area (Å²) in [7, 11) is 0. The SMILES string of the molecule is O=C(c1ccc2ccccc2c1)N1CC(n2cc(COc3ccccc3)nn2)C1. The van der Waals surface area contributed by atoms with Gasteiger partial charge in [-0.2, -0.15) is 0 Å². The van der Waals surface area contributed by atoms with Gasteiger partial charge in [-0.3, -0.25) is 4.79 Å². The molecule has 1 aliphatic heterocycles. The van der Waals surface area contributed by atoms with Crippen LogP contribution >= 0.6 is 0 Å². The van der Waals surface area contributed by atoms with E-state index in [1.807, 2.05) is 88.6 Å². The van der Waals surface area contributed by atoms with Gasteiger partial charge in [-0.05, 0) is 35.0 Å². The van der Waals surface area contributed by atoms with Crippen LogP contribution in [0.1, 0.15) is 22.1 Å². The van der Waals surface area contributed by atoms with E-state index in [-0.39, 0.29) is 11.9 Å². The van der Waals surface area contributed by atoms with Crippen molar-refractivity contribution in [2.45, 2.75) is 12.6 Å². The van der Waals surface area contributed by atoms with Crippen molar-refractivity contribution in [1.82, 2.24) is 19.9 Å². The standard InChI is InChI=1S/C23H20N4O2/c28-23(19-11-10-17-6-4-5-7-18(17)12-19)26-14-21(15-26)27-13-20(24-25-27)16-29-22-8-2-1-3-9-22/h1-13,21H,14-16H2. The van der Waals surface area contributed by atoms with Crippen molar-refractivity contribution in [1.29, 1.82) is 0 Å². The van der Waals surface area contributed by atoms with Crippen LogP contribution in [-0.2, 0) is 6.61 Å². The fraction of sp³-hybridized carbons (Fsp3) is 0.174. The zero-order valence-electron chi connectivity index (χ0n) is 15.8. The molecule has 0 unspecified atom stereocenters. The lowest BCUT2D eigenvalue weighted by molar-refractivity contribution is 0.0498. The van der Waals surface area contributed by atoms with Gasteiger partial charge in [0.2, 0.25) is 0 Å². The molecule has 0 N–H and O–H groups in total. The maximum atomic E-state index is 12.8. The van der Waals surface area contributed by atoms with Crippen LogP contribution in [0.2, 0.25) is 0 Å². The molecule has 6 nitrogen and oxygen atoms in total. The average molecular weight is 384 g/mol. The highest BCUT2D eigenvalue weighted by molar-refractivity contribution is 5.99. The molecule has 1 saturated heterocycles. The first-order valence-electron chi connectivity index (χ1n) is 9.63. The minimum absolute atomic E-state index is 0.0553. The second-order valence-corrected chi connectivity index (χ2v) is 7.22. The van der Waals surface area contributed by atoms with E-state index in [4.69, 9.17) is 4.74 Å². The van der Waals surface area contributed by atoms with E-state index in [0.29, 0.717) is 19.7 Å². The summed E-state index contributed by atoms with van der Waals surface area (Å²) in [5.74, 6) is 0.859. The smallest absolute Gasteiger partial charge is 0.254 e. The first-order valence-corrected chi connectivity index (χ1v) is 9.63. The van der Waals surface area contributed by atoms with E-state index in [0.717, 1.165) is 27.8 Å². The summed E-state index contributed by atoms with van der Waals surface area (Å²) in [5, 5.41) is 10.6. The molecule has 1 aliphatic rings. The Morgan fingerprint density at radius 3 is 2.55 bits per heavy atom. The van der Waals surface area contributed by atoms with Crippen molar-refractivity contribution in [2.24, 2.45) is 0 Å². The van der Waals surface area contributed by atoms with Gasteiger partial charge < -0.3 is 9.64 Å². The van der Waals surface area contributed by atoms with Crippen LogP contribution in [-0.4, -0.2) is 38.9 Å². The Hall–Kier alpha value is -3.67. The quantitative estimate of drug-likeness (QED) is 0.526. The molecule has 1 aromatic heterocycles. The molecule has 5 rings (SSSR count). The summed E-state index contributed by atoms with van der Waals surface area (Å²) in [6, 6.07) is 23.7. The molecular formula is C23H20N4O2. The van der Waals surface area contributed by atoms with E-state index in [1.54, 1.807) is 0 Å². The molecule has 0 bridgehead atoms. The Morgan fingerprint density at radius 1 is 0.966 bits per heavy atom. The number of rotatable bonds is 5. The monoisotopic (exact) mass is 384 g/mol. The van der Waals surface area contributed by atoms with E-state index < -0.39 is 0 Å². The Labute approximate surface area is 168 Å². The first kappa shape index (κ1) is 17.4. The summed E-state index contributed by atoms with van der Waals surface area (Å²) in [6.45, 7) is 1.64. The Bertz CT molecular complexity index is 1150. The third kappa shape index (κ3) is 3.57. The number of hydrogen-bond acceptors (Lipinski definition) is 4. The number of benzene rings is 3. The van der Waals surface area contributed by atoms with Gasteiger partial charge in [-0.1, -0.05) is 53.7 Å². The molecule has 4 aromatic rings. The van der Waals surface area contributed by atoms with Gasteiger partial charge in [0.25, 0.3) is 5.91 Å².